The van der Waals surface area contributed by atoms with Crippen molar-refractivity contribution in [2.75, 3.05) is 13.2 Å². The van der Waals surface area contributed by atoms with E-state index in [0.717, 1.165) is 51.4 Å². The lowest BCUT2D eigenvalue weighted by Gasteiger charge is -2.18. The minimum absolute atomic E-state index is 0.143. The highest BCUT2D eigenvalue weighted by molar-refractivity contribution is 7.46. The fraction of sp³-hybridized carbons (Fsp3) is 0.795. The summed E-state index contributed by atoms with van der Waals surface area (Å²) < 4.78 is 26.3. The average molecular weight is 715 g/mol. The summed E-state index contributed by atoms with van der Waals surface area (Å²) in [6.07, 6.45) is 36.0. The van der Waals surface area contributed by atoms with Gasteiger partial charge in [0.25, 0.3) is 0 Å². The van der Waals surface area contributed by atoms with Gasteiger partial charge in [-0.3, -0.25) is 14.1 Å². The van der Waals surface area contributed by atoms with E-state index in [4.69, 9.17) is 19.3 Å². The maximum atomic E-state index is 12.4. The van der Waals surface area contributed by atoms with Gasteiger partial charge in [0.15, 0.2) is 6.10 Å². The quantitative estimate of drug-likeness (QED) is 0.0192. The minimum Gasteiger partial charge on any atom is -0.462 e. The highest BCUT2D eigenvalue weighted by Crippen LogP contribution is 2.36. The molecule has 0 amide bonds. The van der Waals surface area contributed by atoms with Crippen molar-refractivity contribution in [3.05, 3.63) is 36.5 Å². The molecule has 3 N–H and O–H groups in total. The van der Waals surface area contributed by atoms with Crippen LogP contribution in [0.4, 0.5) is 0 Å². The molecule has 0 aliphatic heterocycles. The summed E-state index contributed by atoms with van der Waals surface area (Å²) in [5, 5.41) is 10.1. The Balaban J connectivity index is 4.03. The second-order valence-corrected chi connectivity index (χ2v) is 14.3. The van der Waals surface area contributed by atoms with Crippen molar-refractivity contribution < 1.29 is 43.0 Å². The molecule has 1 unspecified atom stereocenters. The molecule has 0 saturated heterocycles. The van der Waals surface area contributed by atoms with Crippen LogP contribution < -0.4 is 0 Å². The number of aliphatic hydroxyl groups is 1. The Bertz CT molecular complexity index is 912. The predicted octanol–water partition coefficient (Wildman–Crippen LogP) is 10.4. The van der Waals surface area contributed by atoms with Gasteiger partial charge in [0, 0.05) is 12.8 Å². The highest BCUT2D eigenvalue weighted by atomic mass is 31.2. The third-order valence-electron chi connectivity index (χ3n) is 8.28. The number of allylic oxidation sites excluding steroid dienone is 5. The van der Waals surface area contributed by atoms with Crippen LogP contribution in [0.15, 0.2) is 36.5 Å². The SMILES string of the molecule is CC/C=C/C/C=C/C=C/C(O)CCCCCCCC(=O)O[C@H](COC(=O)CCCCCCCCCCCCCCCCC)COP(=O)(O)O. The molecular weight excluding hydrogens is 643 g/mol. The molecule has 0 radical (unpaired) electrons. The average Bonchev–Trinajstić information content (AvgIpc) is 3.06. The van der Waals surface area contributed by atoms with Gasteiger partial charge in [-0.2, -0.15) is 0 Å². The van der Waals surface area contributed by atoms with Gasteiger partial charge >= 0.3 is 19.8 Å². The summed E-state index contributed by atoms with van der Waals surface area (Å²) in [4.78, 5) is 42.7. The topological polar surface area (TPSA) is 140 Å². The second-order valence-electron chi connectivity index (χ2n) is 13.1. The Morgan fingerprint density at radius 1 is 0.633 bits per heavy atom. The van der Waals surface area contributed by atoms with Crippen molar-refractivity contribution in [2.45, 2.75) is 187 Å². The number of aliphatic hydroxyl groups excluding tert-OH is 1. The molecule has 0 fully saturated rings. The van der Waals surface area contributed by atoms with E-state index >= 15 is 0 Å². The van der Waals surface area contributed by atoms with Gasteiger partial charge in [-0.05, 0) is 32.1 Å². The van der Waals surface area contributed by atoms with Gasteiger partial charge in [-0.15, -0.1) is 0 Å². The maximum absolute atomic E-state index is 12.4. The van der Waals surface area contributed by atoms with Crippen molar-refractivity contribution in [3.63, 3.8) is 0 Å². The largest absolute Gasteiger partial charge is 0.469 e. The Morgan fingerprint density at radius 3 is 1.67 bits per heavy atom. The zero-order chi connectivity index (χ0) is 36.3. The number of hydrogen-bond donors (Lipinski definition) is 3. The molecule has 0 bridgehead atoms. The molecule has 10 heteroatoms. The molecule has 0 aromatic heterocycles. The molecule has 0 rings (SSSR count). The molecule has 286 valence electrons. The van der Waals surface area contributed by atoms with Crippen molar-refractivity contribution in [3.8, 4) is 0 Å². The van der Waals surface area contributed by atoms with Crippen LogP contribution in [0.25, 0.3) is 0 Å². The number of esters is 2. The Hall–Kier alpha value is -1.77. The number of phosphoric acid groups is 1. The van der Waals surface area contributed by atoms with Crippen LogP contribution in [0, 0.1) is 0 Å². The van der Waals surface area contributed by atoms with E-state index in [9.17, 15) is 19.3 Å². The van der Waals surface area contributed by atoms with E-state index in [-0.39, 0.29) is 19.4 Å². The minimum atomic E-state index is -4.77. The normalized spacial score (nSPS) is 13.5. The second kappa shape index (κ2) is 34.7. The van der Waals surface area contributed by atoms with E-state index in [1.807, 2.05) is 18.2 Å². The predicted molar refractivity (Wildman–Crippen MR) is 199 cm³/mol. The molecule has 0 aromatic carbocycles. The molecular formula is C39H71O9P. The summed E-state index contributed by atoms with van der Waals surface area (Å²) in [5.74, 6) is -0.958. The van der Waals surface area contributed by atoms with Crippen LogP contribution in [-0.4, -0.2) is 52.3 Å². The van der Waals surface area contributed by atoms with E-state index in [1.54, 1.807) is 6.08 Å². The van der Waals surface area contributed by atoms with E-state index in [1.165, 1.54) is 77.0 Å². The summed E-state index contributed by atoms with van der Waals surface area (Å²) >= 11 is 0. The summed E-state index contributed by atoms with van der Waals surface area (Å²) in [6, 6.07) is 0. The van der Waals surface area contributed by atoms with Gasteiger partial charge in [-0.1, -0.05) is 166 Å². The van der Waals surface area contributed by atoms with Crippen LogP contribution in [0.5, 0.6) is 0 Å². The van der Waals surface area contributed by atoms with Crippen molar-refractivity contribution >= 4 is 19.8 Å². The third-order valence-corrected chi connectivity index (χ3v) is 8.76. The van der Waals surface area contributed by atoms with Crippen LogP contribution >= 0.6 is 7.82 Å². The third kappa shape index (κ3) is 37.3. The monoisotopic (exact) mass is 714 g/mol. The van der Waals surface area contributed by atoms with Crippen LogP contribution in [0.2, 0.25) is 0 Å². The number of unbranched alkanes of at least 4 members (excludes halogenated alkanes) is 18. The maximum Gasteiger partial charge on any atom is 0.469 e. The van der Waals surface area contributed by atoms with Gasteiger partial charge in [0.2, 0.25) is 0 Å². The highest BCUT2D eigenvalue weighted by Gasteiger charge is 2.22. The van der Waals surface area contributed by atoms with Gasteiger partial charge < -0.3 is 24.4 Å². The number of carbonyl (C=O) groups excluding carboxylic acids is 2. The first-order valence-electron chi connectivity index (χ1n) is 19.4. The Kier molecular flexibility index (Phi) is 33.4. The fourth-order valence-corrected chi connectivity index (χ4v) is 5.74. The summed E-state index contributed by atoms with van der Waals surface area (Å²) in [6.45, 7) is 3.47. The lowest BCUT2D eigenvalue weighted by Crippen LogP contribution is -2.29. The number of hydrogen-bond acceptors (Lipinski definition) is 7. The van der Waals surface area contributed by atoms with Crippen molar-refractivity contribution in [1.82, 2.24) is 0 Å². The number of phosphoric ester groups is 1. The molecule has 9 nitrogen and oxygen atoms in total. The Morgan fingerprint density at radius 2 is 1.14 bits per heavy atom. The lowest BCUT2D eigenvalue weighted by atomic mass is 10.0. The van der Waals surface area contributed by atoms with Gasteiger partial charge in [-0.25, -0.2) is 4.57 Å². The van der Waals surface area contributed by atoms with Crippen LogP contribution in [0.3, 0.4) is 0 Å². The molecule has 0 heterocycles. The first-order valence-corrected chi connectivity index (χ1v) is 20.9. The molecule has 49 heavy (non-hydrogen) atoms. The van der Waals surface area contributed by atoms with Crippen molar-refractivity contribution in [1.29, 1.82) is 0 Å². The number of rotatable bonds is 35. The molecule has 0 aliphatic rings. The van der Waals surface area contributed by atoms with Crippen LogP contribution in [-0.2, 0) is 28.2 Å². The molecule has 0 aliphatic carbocycles. The Labute approximate surface area is 298 Å². The number of carbonyl (C=O) groups is 2. The van der Waals surface area contributed by atoms with Crippen molar-refractivity contribution in [2.24, 2.45) is 0 Å². The van der Waals surface area contributed by atoms with E-state index < -0.39 is 38.6 Å². The zero-order valence-corrected chi connectivity index (χ0v) is 31.8. The van der Waals surface area contributed by atoms with E-state index in [0.29, 0.717) is 19.3 Å². The van der Waals surface area contributed by atoms with Gasteiger partial charge in [0.1, 0.15) is 6.61 Å². The zero-order valence-electron chi connectivity index (χ0n) is 30.9. The summed E-state index contributed by atoms with van der Waals surface area (Å²) in [5.41, 5.74) is 0. The smallest absolute Gasteiger partial charge is 0.462 e. The molecule has 2 atom stereocenters. The van der Waals surface area contributed by atoms with E-state index in [2.05, 4.69) is 30.5 Å². The molecule has 0 saturated carbocycles. The van der Waals surface area contributed by atoms with Gasteiger partial charge in [0.05, 0.1) is 12.7 Å². The summed E-state index contributed by atoms with van der Waals surface area (Å²) in [7, 11) is -4.77. The standard InChI is InChI=1S/C39H71O9P/c1-3-5-7-9-11-12-13-14-15-16-17-18-20-24-28-32-38(41)46-34-37(35-47-49(43,44)45)48-39(42)33-29-25-21-23-27-31-36(40)30-26-22-19-10-8-6-4-2/h6,8,19,22,26,30,36-37,40H,3-5,7,9-18,20-21,23-25,27-29,31-35H2,1-2H3,(H2,43,44,45)/b8-6+,22-19+,30-26+/t36?,37-/m1/s1. The molecule has 0 aromatic rings. The van der Waals surface area contributed by atoms with Crippen LogP contribution in [0.1, 0.15) is 174 Å². The fourth-order valence-electron chi connectivity index (χ4n) is 5.38. The molecule has 0 spiro atoms. The number of ether oxygens (including phenoxy) is 2. The lowest BCUT2D eigenvalue weighted by molar-refractivity contribution is -0.161. The first kappa shape index (κ1) is 47.2. The first-order chi connectivity index (χ1) is 23.7.